The van der Waals surface area contributed by atoms with E-state index in [-0.39, 0.29) is 5.69 Å². The van der Waals surface area contributed by atoms with Crippen molar-refractivity contribution in [1.82, 2.24) is 0 Å². The van der Waals surface area contributed by atoms with Crippen LogP contribution in [0.25, 0.3) is 0 Å². The van der Waals surface area contributed by atoms with Crippen LogP contribution >= 0.6 is 0 Å². The summed E-state index contributed by atoms with van der Waals surface area (Å²) in [5, 5.41) is 16.1. The van der Waals surface area contributed by atoms with E-state index in [1.807, 2.05) is 0 Å². The van der Waals surface area contributed by atoms with Crippen molar-refractivity contribution in [3.63, 3.8) is 0 Å². The number of rotatable bonds is 5. The molecule has 0 atom stereocenters. The molecule has 0 spiro atoms. The largest absolute Gasteiger partial charge is 0.478 e. The van der Waals surface area contributed by atoms with Crippen molar-refractivity contribution in [3.8, 4) is 0 Å². The number of hydrogen-bond donors (Lipinski definition) is 3. The van der Waals surface area contributed by atoms with Gasteiger partial charge in [-0.1, -0.05) is 0 Å². The molecule has 1 aromatic rings. The van der Waals surface area contributed by atoms with Gasteiger partial charge in [0.15, 0.2) is 0 Å². The molecule has 10 heteroatoms. The molecule has 0 aliphatic carbocycles. The average molecular weight is 312 g/mol. The SMILES string of the molecule is NS(=O)(=O)c1ccc(NCCC(F)(F)F)c(C(=O)O)c1. The van der Waals surface area contributed by atoms with Crippen molar-refractivity contribution in [3.05, 3.63) is 23.8 Å². The molecule has 0 bridgehead atoms. The van der Waals surface area contributed by atoms with Crippen LogP contribution in [0.1, 0.15) is 16.8 Å². The van der Waals surface area contributed by atoms with Crippen molar-refractivity contribution in [2.24, 2.45) is 5.14 Å². The maximum absolute atomic E-state index is 12.0. The Bertz CT molecular complexity index is 613. The zero-order chi connectivity index (χ0) is 15.6. The quantitative estimate of drug-likeness (QED) is 0.761. The molecule has 0 aromatic heterocycles. The standard InChI is InChI=1S/C10H11F3N2O4S/c11-10(12,13)3-4-15-8-2-1-6(20(14,18)19)5-7(8)9(16)17/h1-2,5,15H,3-4H2,(H,16,17)(H2,14,18,19). The second kappa shape index (κ2) is 5.67. The zero-order valence-electron chi connectivity index (χ0n) is 9.94. The number of hydrogen-bond acceptors (Lipinski definition) is 4. The molecule has 0 saturated heterocycles. The van der Waals surface area contributed by atoms with E-state index in [1.54, 1.807) is 0 Å². The van der Waals surface area contributed by atoms with E-state index in [1.165, 1.54) is 0 Å². The summed E-state index contributed by atoms with van der Waals surface area (Å²) in [5.41, 5.74) is -0.590. The van der Waals surface area contributed by atoms with Gasteiger partial charge in [-0.3, -0.25) is 0 Å². The van der Waals surface area contributed by atoms with Crippen LogP contribution in [0.4, 0.5) is 18.9 Å². The summed E-state index contributed by atoms with van der Waals surface area (Å²) >= 11 is 0. The molecule has 0 radical (unpaired) electrons. The molecule has 6 nitrogen and oxygen atoms in total. The number of alkyl halides is 3. The molecule has 0 fully saturated rings. The molecule has 20 heavy (non-hydrogen) atoms. The van der Waals surface area contributed by atoms with Gasteiger partial charge < -0.3 is 10.4 Å². The molecule has 112 valence electrons. The molecular weight excluding hydrogens is 301 g/mol. The van der Waals surface area contributed by atoms with Crippen LogP contribution in [0.2, 0.25) is 0 Å². The van der Waals surface area contributed by atoms with Gasteiger partial charge in [-0.05, 0) is 18.2 Å². The average Bonchev–Trinajstić information content (AvgIpc) is 2.25. The van der Waals surface area contributed by atoms with E-state index in [0.717, 1.165) is 18.2 Å². The number of aromatic carboxylic acids is 1. The summed E-state index contributed by atoms with van der Waals surface area (Å²) in [6.07, 6.45) is -5.53. The lowest BCUT2D eigenvalue weighted by Crippen LogP contribution is -2.17. The van der Waals surface area contributed by atoms with Crippen LogP contribution in [-0.2, 0) is 10.0 Å². The van der Waals surface area contributed by atoms with E-state index in [9.17, 15) is 26.4 Å². The van der Waals surface area contributed by atoms with Gasteiger partial charge in [0.25, 0.3) is 0 Å². The minimum absolute atomic E-state index is 0.117. The van der Waals surface area contributed by atoms with Gasteiger partial charge in [-0.25, -0.2) is 18.4 Å². The Balaban J connectivity index is 3.00. The Hall–Kier alpha value is -1.81. The molecule has 0 saturated carbocycles. The smallest absolute Gasteiger partial charge is 0.390 e. The van der Waals surface area contributed by atoms with E-state index in [0.29, 0.717) is 0 Å². The summed E-state index contributed by atoms with van der Waals surface area (Å²) in [6, 6.07) is 2.85. The van der Waals surface area contributed by atoms with E-state index in [4.69, 9.17) is 10.2 Å². The fraction of sp³-hybridized carbons (Fsp3) is 0.300. The Morgan fingerprint density at radius 2 is 1.95 bits per heavy atom. The molecule has 0 amide bonds. The summed E-state index contributed by atoms with van der Waals surface area (Å²) in [5.74, 6) is -1.48. The highest BCUT2D eigenvalue weighted by Crippen LogP contribution is 2.22. The first-order valence-electron chi connectivity index (χ1n) is 5.21. The molecular formula is C10H11F3N2O4S. The Morgan fingerprint density at radius 1 is 1.35 bits per heavy atom. The summed E-state index contributed by atoms with van der Waals surface area (Å²) in [7, 11) is -4.09. The fourth-order valence-electron chi connectivity index (χ4n) is 1.37. The number of carbonyl (C=O) groups is 1. The van der Waals surface area contributed by atoms with Crippen molar-refractivity contribution in [1.29, 1.82) is 0 Å². The molecule has 0 heterocycles. The number of primary sulfonamides is 1. The topological polar surface area (TPSA) is 109 Å². The van der Waals surface area contributed by atoms with Gasteiger partial charge in [-0.2, -0.15) is 13.2 Å². The molecule has 1 rings (SSSR count). The van der Waals surface area contributed by atoms with Crippen LogP contribution in [0.3, 0.4) is 0 Å². The van der Waals surface area contributed by atoms with Crippen LogP contribution in [0.5, 0.6) is 0 Å². The number of nitrogens with one attached hydrogen (secondary N) is 1. The highest BCUT2D eigenvalue weighted by Gasteiger charge is 2.26. The molecule has 0 aliphatic rings. The van der Waals surface area contributed by atoms with Crippen LogP contribution in [0, 0.1) is 0 Å². The van der Waals surface area contributed by atoms with Gasteiger partial charge >= 0.3 is 12.1 Å². The van der Waals surface area contributed by atoms with E-state index >= 15 is 0 Å². The lowest BCUT2D eigenvalue weighted by atomic mass is 10.1. The highest BCUT2D eigenvalue weighted by molar-refractivity contribution is 7.89. The van der Waals surface area contributed by atoms with E-state index in [2.05, 4.69) is 5.32 Å². The van der Waals surface area contributed by atoms with Crippen molar-refractivity contribution < 1.29 is 31.5 Å². The summed E-state index contributed by atoms with van der Waals surface area (Å²) in [6.45, 7) is -0.529. The fourth-order valence-corrected chi connectivity index (χ4v) is 1.91. The van der Waals surface area contributed by atoms with Gasteiger partial charge in [0, 0.05) is 12.2 Å². The van der Waals surface area contributed by atoms with Crippen molar-refractivity contribution in [2.75, 3.05) is 11.9 Å². The number of nitrogens with two attached hydrogens (primary N) is 1. The molecule has 1 aromatic carbocycles. The van der Waals surface area contributed by atoms with Crippen LogP contribution in [-0.4, -0.2) is 32.2 Å². The van der Waals surface area contributed by atoms with Crippen LogP contribution < -0.4 is 10.5 Å². The lowest BCUT2D eigenvalue weighted by Gasteiger charge is -2.12. The third-order valence-electron chi connectivity index (χ3n) is 2.27. The van der Waals surface area contributed by atoms with Gasteiger partial charge in [0.1, 0.15) is 0 Å². The third-order valence-corrected chi connectivity index (χ3v) is 3.18. The Kier molecular flexibility index (Phi) is 4.61. The number of benzene rings is 1. The highest BCUT2D eigenvalue weighted by atomic mass is 32.2. The minimum Gasteiger partial charge on any atom is -0.478 e. The van der Waals surface area contributed by atoms with Crippen molar-refractivity contribution >= 4 is 21.7 Å². The molecule has 4 N–H and O–H groups in total. The monoisotopic (exact) mass is 312 g/mol. The van der Waals surface area contributed by atoms with Gasteiger partial charge in [0.05, 0.1) is 16.9 Å². The first-order chi connectivity index (χ1) is 9.00. The maximum Gasteiger partial charge on any atom is 0.390 e. The maximum atomic E-state index is 12.0. The first kappa shape index (κ1) is 16.2. The summed E-state index contributed by atoms with van der Waals surface area (Å²) in [4.78, 5) is 10.5. The zero-order valence-corrected chi connectivity index (χ0v) is 10.8. The molecule has 0 unspecified atom stereocenters. The predicted molar refractivity (Wildman–Crippen MR) is 63.9 cm³/mol. The summed E-state index contributed by atoms with van der Waals surface area (Å²) < 4.78 is 58.1. The number of anilines is 1. The number of carboxylic acids is 1. The Labute approximate surface area is 112 Å². The predicted octanol–water partition coefficient (Wildman–Crippen LogP) is 1.40. The number of sulfonamides is 1. The second-order valence-corrected chi connectivity index (χ2v) is 5.41. The van der Waals surface area contributed by atoms with E-state index < -0.39 is 45.6 Å². The van der Waals surface area contributed by atoms with Crippen molar-refractivity contribution in [2.45, 2.75) is 17.5 Å². The first-order valence-corrected chi connectivity index (χ1v) is 6.76. The minimum atomic E-state index is -4.38. The Morgan fingerprint density at radius 3 is 2.40 bits per heavy atom. The van der Waals surface area contributed by atoms with Gasteiger partial charge in [-0.15, -0.1) is 0 Å². The number of halogens is 3. The third kappa shape index (κ3) is 4.70. The van der Waals surface area contributed by atoms with Crippen LogP contribution in [0.15, 0.2) is 23.1 Å². The lowest BCUT2D eigenvalue weighted by molar-refractivity contribution is -0.131. The second-order valence-electron chi connectivity index (χ2n) is 3.85. The van der Waals surface area contributed by atoms with Gasteiger partial charge in [0.2, 0.25) is 10.0 Å². The normalized spacial score (nSPS) is 12.2. The number of carboxylic acid groups (broad SMARTS) is 1. The molecule has 0 aliphatic heterocycles.